The molecule has 1 N–H and O–H groups in total. The predicted molar refractivity (Wildman–Crippen MR) is 94.0 cm³/mol. The highest BCUT2D eigenvalue weighted by Gasteiger charge is 2.14. The Morgan fingerprint density at radius 1 is 1.10 bits per heavy atom. The molecule has 3 nitrogen and oxygen atoms in total. The van der Waals surface area contributed by atoms with Crippen LogP contribution in [0.2, 0.25) is 0 Å². The van der Waals surface area contributed by atoms with Crippen molar-refractivity contribution < 1.29 is 0 Å². The summed E-state index contributed by atoms with van der Waals surface area (Å²) < 4.78 is 1.12. The molecule has 114 valence electrons. The number of aryl methyl sites for hydroxylation is 2. The molecular formula is C16H22BrN3S. The summed E-state index contributed by atoms with van der Waals surface area (Å²) in [6.07, 6.45) is 2.92. The number of thiophene rings is 1. The van der Waals surface area contributed by atoms with Crippen LogP contribution in [0.25, 0.3) is 10.7 Å². The molecule has 0 spiro atoms. The van der Waals surface area contributed by atoms with Gasteiger partial charge in [-0.1, -0.05) is 20.8 Å². The van der Waals surface area contributed by atoms with E-state index in [1.165, 1.54) is 17.0 Å². The average molecular weight is 368 g/mol. The van der Waals surface area contributed by atoms with Crippen molar-refractivity contribution in [3.8, 4) is 10.7 Å². The van der Waals surface area contributed by atoms with Crippen molar-refractivity contribution in [2.45, 2.75) is 40.0 Å². The molecular weight excluding hydrogens is 346 g/mol. The zero-order chi connectivity index (χ0) is 15.2. The van der Waals surface area contributed by atoms with Crippen LogP contribution < -0.4 is 5.32 Å². The number of likely N-dealkylation sites (N-methyl/N-ethyl adjacent to an activating group) is 1. The van der Waals surface area contributed by atoms with Gasteiger partial charge in [0.1, 0.15) is 0 Å². The summed E-state index contributed by atoms with van der Waals surface area (Å²) in [6, 6.07) is 4.14. The number of hydrogen-bond donors (Lipinski definition) is 1. The van der Waals surface area contributed by atoms with E-state index in [0.717, 1.165) is 46.8 Å². The number of halogens is 1. The van der Waals surface area contributed by atoms with Crippen molar-refractivity contribution in [1.82, 2.24) is 15.3 Å². The Morgan fingerprint density at radius 2 is 1.76 bits per heavy atom. The van der Waals surface area contributed by atoms with Crippen LogP contribution in [0.4, 0.5) is 0 Å². The lowest BCUT2D eigenvalue weighted by Crippen LogP contribution is -2.18. The van der Waals surface area contributed by atoms with Gasteiger partial charge in [-0.05, 0) is 66.0 Å². The number of nitrogens with one attached hydrogen (secondary N) is 1. The molecule has 0 radical (unpaired) electrons. The lowest BCUT2D eigenvalue weighted by molar-refractivity contribution is 0.702. The molecule has 0 saturated heterocycles. The number of nitrogens with zero attached hydrogens (tertiary/aromatic N) is 2. The van der Waals surface area contributed by atoms with Crippen molar-refractivity contribution >= 4 is 27.3 Å². The fourth-order valence-electron chi connectivity index (χ4n) is 2.39. The highest BCUT2D eigenvalue weighted by molar-refractivity contribution is 9.11. The minimum Gasteiger partial charge on any atom is -0.317 e. The fraction of sp³-hybridized carbons (Fsp3) is 0.500. The summed E-state index contributed by atoms with van der Waals surface area (Å²) >= 11 is 5.20. The van der Waals surface area contributed by atoms with Crippen LogP contribution >= 0.6 is 27.3 Å². The maximum absolute atomic E-state index is 4.81. The number of hydrogen-bond acceptors (Lipinski definition) is 4. The van der Waals surface area contributed by atoms with E-state index in [1.807, 2.05) is 0 Å². The third-order valence-electron chi connectivity index (χ3n) is 3.44. The predicted octanol–water partition coefficient (Wildman–Crippen LogP) is 4.24. The smallest absolute Gasteiger partial charge is 0.169 e. The summed E-state index contributed by atoms with van der Waals surface area (Å²) in [7, 11) is 0. The van der Waals surface area contributed by atoms with Gasteiger partial charge in [-0.15, -0.1) is 11.3 Å². The quantitative estimate of drug-likeness (QED) is 0.743. The van der Waals surface area contributed by atoms with Gasteiger partial charge >= 0.3 is 0 Å². The van der Waals surface area contributed by atoms with Crippen LogP contribution in [0.15, 0.2) is 15.9 Å². The molecule has 21 heavy (non-hydrogen) atoms. The summed E-state index contributed by atoms with van der Waals surface area (Å²) in [4.78, 5) is 10.8. The van der Waals surface area contributed by atoms with Gasteiger partial charge in [0.05, 0.1) is 8.66 Å². The lowest BCUT2D eigenvalue weighted by atomic mass is 10.0. The molecule has 0 unspecified atom stereocenters. The standard InChI is InChI=1S/C16H22BrN3S/c1-4-12-11(9-10-18-6-3)13(5-2)20-16(19-12)14-7-8-15(17)21-14/h7-8,18H,4-6,9-10H2,1-3H3. The molecule has 2 aromatic rings. The second kappa shape index (κ2) is 8.01. The van der Waals surface area contributed by atoms with Crippen LogP contribution in [-0.4, -0.2) is 23.1 Å². The Morgan fingerprint density at radius 3 is 2.24 bits per heavy atom. The fourth-order valence-corrected chi connectivity index (χ4v) is 3.71. The van der Waals surface area contributed by atoms with Gasteiger partial charge in [-0.25, -0.2) is 9.97 Å². The molecule has 0 saturated carbocycles. The van der Waals surface area contributed by atoms with Crippen molar-refractivity contribution in [1.29, 1.82) is 0 Å². The van der Waals surface area contributed by atoms with E-state index < -0.39 is 0 Å². The largest absolute Gasteiger partial charge is 0.317 e. The van der Waals surface area contributed by atoms with Gasteiger partial charge in [-0.2, -0.15) is 0 Å². The second-order valence-electron chi connectivity index (χ2n) is 4.83. The first-order chi connectivity index (χ1) is 10.2. The van der Waals surface area contributed by atoms with Gasteiger partial charge in [0.2, 0.25) is 0 Å². The SMILES string of the molecule is CCNCCc1c(CC)nc(-c2ccc(Br)s2)nc1CC. The summed E-state index contributed by atoms with van der Waals surface area (Å²) in [5.74, 6) is 0.867. The highest BCUT2D eigenvalue weighted by atomic mass is 79.9. The van der Waals surface area contributed by atoms with Gasteiger partial charge in [-0.3, -0.25) is 0 Å². The van der Waals surface area contributed by atoms with E-state index in [0.29, 0.717) is 0 Å². The molecule has 0 amide bonds. The molecule has 0 atom stereocenters. The minimum absolute atomic E-state index is 0.867. The lowest BCUT2D eigenvalue weighted by Gasteiger charge is -2.13. The second-order valence-corrected chi connectivity index (χ2v) is 7.30. The summed E-state index contributed by atoms with van der Waals surface area (Å²) in [5.41, 5.74) is 3.72. The highest BCUT2D eigenvalue weighted by Crippen LogP contribution is 2.30. The van der Waals surface area contributed by atoms with Gasteiger partial charge in [0.15, 0.2) is 5.82 Å². The van der Waals surface area contributed by atoms with Crippen LogP contribution in [0, 0.1) is 0 Å². The third kappa shape index (κ3) is 4.11. The zero-order valence-electron chi connectivity index (χ0n) is 12.9. The molecule has 0 fully saturated rings. The average Bonchev–Trinajstić information content (AvgIpc) is 2.93. The van der Waals surface area contributed by atoms with Crippen LogP contribution in [0.3, 0.4) is 0 Å². The van der Waals surface area contributed by atoms with E-state index in [4.69, 9.17) is 9.97 Å². The first-order valence-electron chi connectivity index (χ1n) is 7.54. The number of rotatable bonds is 7. The topological polar surface area (TPSA) is 37.8 Å². The normalized spacial score (nSPS) is 11.0. The van der Waals surface area contributed by atoms with E-state index in [1.54, 1.807) is 11.3 Å². The molecule has 2 rings (SSSR count). The molecule has 0 aliphatic carbocycles. The molecule has 5 heteroatoms. The summed E-state index contributed by atoms with van der Waals surface area (Å²) in [5, 5.41) is 3.39. The molecule has 2 aromatic heterocycles. The van der Waals surface area contributed by atoms with Crippen molar-refractivity contribution in [3.63, 3.8) is 0 Å². The molecule has 0 bridgehead atoms. The van der Waals surface area contributed by atoms with Gasteiger partial charge in [0.25, 0.3) is 0 Å². The molecule has 0 aliphatic rings. The van der Waals surface area contributed by atoms with Gasteiger partial charge in [0, 0.05) is 11.4 Å². The van der Waals surface area contributed by atoms with Crippen molar-refractivity contribution in [2.75, 3.05) is 13.1 Å². The maximum Gasteiger partial charge on any atom is 0.169 e. The maximum atomic E-state index is 4.81. The third-order valence-corrected chi connectivity index (χ3v) is 5.06. The Balaban J connectivity index is 2.38. The van der Waals surface area contributed by atoms with Crippen molar-refractivity contribution in [3.05, 3.63) is 32.9 Å². The molecule has 0 aromatic carbocycles. The Hall–Kier alpha value is -0.780. The van der Waals surface area contributed by atoms with Crippen LogP contribution in [0.5, 0.6) is 0 Å². The van der Waals surface area contributed by atoms with E-state index in [-0.39, 0.29) is 0 Å². The van der Waals surface area contributed by atoms with Crippen LogP contribution in [-0.2, 0) is 19.3 Å². The van der Waals surface area contributed by atoms with E-state index in [9.17, 15) is 0 Å². The monoisotopic (exact) mass is 367 g/mol. The zero-order valence-corrected chi connectivity index (χ0v) is 15.3. The Bertz CT molecular complexity index is 570. The van der Waals surface area contributed by atoms with Crippen LogP contribution in [0.1, 0.15) is 37.7 Å². The Labute approximate surface area is 139 Å². The summed E-state index contributed by atoms with van der Waals surface area (Å²) in [6.45, 7) is 8.48. The first-order valence-corrected chi connectivity index (χ1v) is 9.15. The molecule has 0 aliphatic heterocycles. The van der Waals surface area contributed by atoms with Crippen molar-refractivity contribution in [2.24, 2.45) is 0 Å². The molecule has 2 heterocycles. The minimum atomic E-state index is 0.867. The van der Waals surface area contributed by atoms with Gasteiger partial charge < -0.3 is 5.32 Å². The van der Waals surface area contributed by atoms with E-state index in [2.05, 4.69) is 54.2 Å². The first kappa shape index (κ1) is 16.6. The van der Waals surface area contributed by atoms with E-state index >= 15 is 0 Å². The number of aromatic nitrogens is 2. The Kier molecular flexibility index (Phi) is 6.33.